The molecule has 1 rings (SSSR count). The summed E-state index contributed by atoms with van der Waals surface area (Å²) in [6.45, 7) is 7.23. The van der Waals surface area contributed by atoms with E-state index >= 15 is 0 Å². The molecule has 0 fully saturated rings. The zero-order chi connectivity index (χ0) is 12.0. The summed E-state index contributed by atoms with van der Waals surface area (Å²) >= 11 is 0. The first-order chi connectivity index (χ1) is 7.65. The normalized spacial score (nSPS) is 14.7. The molecule has 0 saturated heterocycles. The molecule has 2 unspecified atom stereocenters. The van der Waals surface area contributed by atoms with E-state index in [-0.39, 0.29) is 0 Å². The predicted octanol–water partition coefficient (Wildman–Crippen LogP) is 2.49. The molecule has 0 aliphatic carbocycles. The molecule has 0 heterocycles. The van der Waals surface area contributed by atoms with E-state index in [4.69, 9.17) is 0 Å². The van der Waals surface area contributed by atoms with Gasteiger partial charge in [0.25, 0.3) is 0 Å². The number of nitrogens with one attached hydrogen (secondary N) is 1. The molecule has 1 N–H and O–H groups in total. The van der Waals surface area contributed by atoms with Crippen LogP contribution in [0, 0.1) is 6.92 Å². The molecule has 1 aromatic rings. The Bertz CT molecular complexity index is 352. The second kappa shape index (κ2) is 6.81. The molecule has 0 spiro atoms. The molecule has 3 heteroatoms. The Balaban J connectivity index is 2.56. The summed E-state index contributed by atoms with van der Waals surface area (Å²) in [6, 6.07) is 8.20. The van der Waals surface area contributed by atoms with E-state index in [9.17, 15) is 4.21 Å². The molecule has 2 atom stereocenters. The molecular weight excluding hydrogens is 218 g/mol. The van der Waals surface area contributed by atoms with Crippen LogP contribution >= 0.6 is 0 Å². The molecule has 0 radical (unpaired) electrons. The van der Waals surface area contributed by atoms with Crippen molar-refractivity contribution in [3.8, 4) is 0 Å². The Morgan fingerprint density at radius 1 is 1.38 bits per heavy atom. The first kappa shape index (κ1) is 13.4. The molecule has 0 aliphatic heterocycles. The monoisotopic (exact) mass is 239 g/mol. The lowest BCUT2D eigenvalue weighted by molar-refractivity contribution is 0.582. The van der Waals surface area contributed by atoms with Crippen molar-refractivity contribution in [3.63, 3.8) is 0 Å². The lowest BCUT2D eigenvalue weighted by atomic mass is 10.2. The van der Waals surface area contributed by atoms with E-state index in [0.29, 0.717) is 11.8 Å². The van der Waals surface area contributed by atoms with Gasteiger partial charge in [0.1, 0.15) is 0 Å². The average molecular weight is 239 g/mol. The summed E-state index contributed by atoms with van der Waals surface area (Å²) < 4.78 is 12.1. The van der Waals surface area contributed by atoms with Gasteiger partial charge in [-0.15, -0.1) is 0 Å². The Hall–Kier alpha value is -0.670. The first-order valence-corrected chi connectivity index (χ1v) is 7.14. The smallest absolute Gasteiger partial charge is 0.0547 e. The van der Waals surface area contributed by atoms with E-state index < -0.39 is 10.8 Å². The lowest BCUT2D eigenvalue weighted by Crippen LogP contribution is -2.31. The molecule has 2 nitrogen and oxygen atoms in total. The summed E-state index contributed by atoms with van der Waals surface area (Å²) in [5, 5.41) is 3.36. The van der Waals surface area contributed by atoms with Crippen molar-refractivity contribution in [2.45, 2.75) is 38.1 Å². The van der Waals surface area contributed by atoms with Crippen molar-refractivity contribution < 1.29 is 4.21 Å². The van der Waals surface area contributed by atoms with Crippen LogP contribution in [0.1, 0.15) is 25.8 Å². The van der Waals surface area contributed by atoms with Crippen LogP contribution in [0.5, 0.6) is 0 Å². The second-order valence-electron chi connectivity index (χ2n) is 4.13. The quantitative estimate of drug-likeness (QED) is 0.826. The van der Waals surface area contributed by atoms with E-state index in [1.165, 1.54) is 0 Å². The van der Waals surface area contributed by atoms with Crippen LogP contribution in [0.2, 0.25) is 0 Å². The van der Waals surface area contributed by atoms with Crippen molar-refractivity contribution in [2.24, 2.45) is 0 Å². The standard InChI is InChI=1S/C13H21NOS/c1-4-9-14-12(3)10-16(15)13-8-6-5-7-11(13)2/h5-8,12,14H,4,9-10H2,1-3H3. The Morgan fingerprint density at radius 3 is 2.69 bits per heavy atom. The zero-order valence-electron chi connectivity index (χ0n) is 10.3. The summed E-state index contributed by atoms with van der Waals surface area (Å²) in [4.78, 5) is 0.965. The van der Waals surface area contributed by atoms with E-state index in [2.05, 4.69) is 19.2 Å². The minimum absolute atomic E-state index is 0.306. The fourth-order valence-electron chi connectivity index (χ4n) is 1.58. The Kier molecular flexibility index (Phi) is 5.71. The summed E-state index contributed by atoms with van der Waals surface area (Å²) in [7, 11) is -0.891. The van der Waals surface area contributed by atoms with Gasteiger partial charge in [-0.25, -0.2) is 0 Å². The van der Waals surface area contributed by atoms with Gasteiger partial charge < -0.3 is 5.32 Å². The van der Waals surface area contributed by atoms with Gasteiger partial charge in [0.2, 0.25) is 0 Å². The van der Waals surface area contributed by atoms with Gasteiger partial charge in [0, 0.05) is 16.7 Å². The van der Waals surface area contributed by atoms with Crippen molar-refractivity contribution in [2.75, 3.05) is 12.3 Å². The highest BCUT2D eigenvalue weighted by atomic mass is 32.2. The molecule has 1 aromatic carbocycles. The minimum Gasteiger partial charge on any atom is -0.313 e. The van der Waals surface area contributed by atoms with Crippen molar-refractivity contribution in [1.29, 1.82) is 0 Å². The fraction of sp³-hybridized carbons (Fsp3) is 0.538. The number of benzene rings is 1. The molecule has 16 heavy (non-hydrogen) atoms. The number of rotatable bonds is 6. The largest absolute Gasteiger partial charge is 0.313 e. The van der Waals surface area contributed by atoms with Crippen molar-refractivity contribution in [1.82, 2.24) is 5.32 Å². The number of hydrogen-bond donors (Lipinski definition) is 1. The summed E-state index contributed by atoms with van der Waals surface area (Å²) in [5.74, 6) is 0.685. The van der Waals surface area contributed by atoms with Crippen LogP contribution < -0.4 is 5.32 Å². The highest BCUT2D eigenvalue weighted by Gasteiger charge is 2.10. The van der Waals surface area contributed by atoms with Crippen LogP contribution in [0.3, 0.4) is 0 Å². The topological polar surface area (TPSA) is 29.1 Å². The Labute approximate surface area is 101 Å². The molecule has 0 aromatic heterocycles. The van der Waals surface area contributed by atoms with E-state index in [1.54, 1.807) is 0 Å². The SMILES string of the molecule is CCCNC(C)CS(=O)c1ccccc1C. The van der Waals surface area contributed by atoms with Crippen LogP contribution in [0.15, 0.2) is 29.2 Å². The van der Waals surface area contributed by atoms with Crippen LogP contribution in [0.4, 0.5) is 0 Å². The molecule has 90 valence electrons. The Morgan fingerprint density at radius 2 is 2.06 bits per heavy atom. The van der Waals surface area contributed by atoms with Crippen molar-refractivity contribution in [3.05, 3.63) is 29.8 Å². The molecule has 0 saturated carbocycles. The second-order valence-corrected chi connectivity index (χ2v) is 5.60. The van der Waals surface area contributed by atoms with E-state index in [1.807, 2.05) is 31.2 Å². The van der Waals surface area contributed by atoms with Gasteiger partial charge in [-0.2, -0.15) is 0 Å². The third-order valence-corrected chi connectivity index (χ3v) is 4.23. The van der Waals surface area contributed by atoms with Gasteiger partial charge in [-0.05, 0) is 38.4 Å². The van der Waals surface area contributed by atoms with Crippen molar-refractivity contribution >= 4 is 10.8 Å². The summed E-state index contributed by atoms with van der Waals surface area (Å²) in [5.41, 5.74) is 1.11. The molecule has 0 amide bonds. The third kappa shape index (κ3) is 4.06. The third-order valence-electron chi connectivity index (χ3n) is 2.48. The zero-order valence-corrected chi connectivity index (χ0v) is 11.1. The van der Waals surface area contributed by atoms with Crippen LogP contribution in [-0.4, -0.2) is 22.5 Å². The first-order valence-electron chi connectivity index (χ1n) is 5.82. The maximum atomic E-state index is 12.1. The highest BCUT2D eigenvalue weighted by molar-refractivity contribution is 7.85. The number of aryl methyl sites for hydroxylation is 1. The van der Waals surface area contributed by atoms with Crippen LogP contribution in [-0.2, 0) is 10.8 Å². The van der Waals surface area contributed by atoms with Gasteiger partial charge in [0.15, 0.2) is 0 Å². The minimum atomic E-state index is -0.891. The lowest BCUT2D eigenvalue weighted by Gasteiger charge is -2.13. The average Bonchev–Trinajstić information content (AvgIpc) is 2.26. The number of hydrogen-bond acceptors (Lipinski definition) is 2. The summed E-state index contributed by atoms with van der Waals surface area (Å²) in [6.07, 6.45) is 1.11. The van der Waals surface area contributed by atoms with Gasteiger partial charge in [-0.3, -0.25) is 4.21 Å². The van der Waals surface area contributed by atoms with E-state index in [0.717, 1.165) is 23.4 Å². The fourth-order valence-corrected chi connectivity index (χ4v) is 2.99. The predicted molar refractivity (Wildman–Crippen MR) is 70.2 cm³/mol. The molecule has 0 aliphatic rings. The molecule has 0 bridgehead atoms. The van der Waals surface area contributed by atoms with Gasteiger partial charge >= 0.3 is 0 Å². The van der Waals surface area contributed by atoms with Gasteiger partial charge in [-0.1, -0.05) is 25.1 Å². The van der Waals surface area contributed by atoms with Gasteiger partial charge in [0.05, 0.1) is 10.8 Å². The maximum Gasteiger partial charge on any atom is 0.0547 e. The van der Waals surface area contributed by atoms with Crippen LogP contribution in [0.25, 0.3) is 0 Å². The highest BCUT2D eigenvalue weighted by Crippen LogP contribution is 2.12. The molecular formula is C13H21NOS. The maximum absolute atomic E-state index is 12.1.